The minimum absolute atomic E-state index is 0.0511. The van der Waals surface area contributed by atoms with Gasteiger partial charge in [0.2, 0.25) is 5.91 Å². The van der Waals surface area contributed by atoms with Crippen molar-refractivity contribution in [2.24, 2.45) is 5.92 Å². The van der Waals surface area contributed by atoms with Crippen molar-refractivity contribution in [2.45, 2.75) is 24.9 Å². The molecule has 1 aromatic rings. The van der Waals surface area contributed by atoms with E-state index in [-0.39, 0.29) is 24.9 Å². The maximum atomic E-state index is 12.5. The summed E-state index contributed by atoms with van der Waals surface area (Å²) >= 11 is 12.2. The molecule has 1 aliphatic carbocycles. The summed E-state index contributed by atoms with van der Waals surface area (Å²) in [5.74, 6) is 0.230. The number of carbonyl (C=O) groups excluding carboxylic acids is 1. The molecule has 0 unspecified atom stereocenters. The average molecular weight is 422 g/mol. The number of carbonyl (C=O) groups is 1. The van der Waals surface area contributed by atoms with Crippen molar-refractivity contribution in [3.63, 3.8) is 0 Å². The highest BCUT2D eigenvalue weighted by Crippen LogP contribution is 2.39. The zero-order valence-corrected chi connectivity index (χ0v) is 16.7. The molecule has 6 nitrogen and oxygen atoms in total. The van der Waals surface area contributed by atoms with Crippen molar-refractivity contribution in [3.8, 4) is 0 Å². The standard InChI is InChI=1S/C17H21Cl2NO5S/c1-26(22,23)25-8-6-17(13-4-5-14(18)15(19)10-13)11-20(7-9-24-17)16(21)12-2-3-12/h4-5,10,12H,2-3,6-9,11H2,1H3/t17-/m0/s1. The van der Waals surface area contributed by atoms with Crippen LogP contribution in [0.4, 0.5) is 0 Å². The van der Waals surface area contributed by atoms with Gasteiger partial charge in [-0.3, -0.25) is 8.98 Å². The van der Waals surface area contributed by atoms with Gasteiger partial charge in [-0.15, -0.1) is 0 Å². The maximum absolute atomic E-state index is 12.5. The van der Waals surface area contributed by atoms with Crippen LogP contribution in [0.1, 0.15) is 24.8 Å². The highest BCUT2D eigenvalue weighted by atomic mass is 35.5. The number of amides is 1. The Labute approximate surface area is 163 Å². The molecule has 1 saturated carbocycles. The molecule has 1 amide bonds. The van der Waals surface area contributed by atoms with E-state index in [4.69, 9.17) is 32.1 Å². The Morgan fingerprint density at radius 1 is 1.35 bits per heavy atom. The zero-order chi connectivity index (χ0) is 18.9. The van der Waals surface area contributed by atoms with E-state index in [9.17, 15) is 13.2 Å². The summed E-state index contributed by atoms with van der Waals surface area (Å²) in [6.45, 7) is 1.15. The monoisotopic (exact) mass is 421 g/mol. The Bertz CT molecular complexity index is 796. The van der Waals surface area contributed by atoms with Gasteiger partial charge in [-0.25, -0.2) is 0 Å². The van der Waals surface area contributed by atoms with Gasteiger partial charge in [-0.2, -0.15) is 8.42 Å². The lowest BCUT2D eigenvalue weighted by atomic mass is 9.88. The van der Waals surface area contributed by atoms with Gasteiger partial charge >= 0.3 is 0 Å². The first-order chi connectivity index (χ1) is 12.2. The summed E-state index contributed by atoms with van der Waals surface area (Å²) in [6.07, 6.45) is 3.12. The highest BCUT2D eigenvalue weighted by molar-refractivity contribution is 7.85. The van der Waals surface area contributed by atoms with Crippen LogP contribution in [-0.2, 0) is 29.4 Å². The summed E-state index contributed by atoms with van der Waals surface area (Å²) in [6, 6.07) is 5.17. The van der Waals surface area contributed by atoms with Crippen molar-refractivity contribution >= 4 is 39.2 Å². The van der Waals surface area contributed by atoms with Gasteiger partial charge in [0.05, 0.1) is 36.1 Å². The lowest BCUT2D eigenvalue weighted by molar-refractivity contribution is -0.156. The lowest BCUT2D eigenvalue weighted by Crippen LogP contribution is -2.52. The summed E-state index contributed by atoms with van der Waals surface area (Å²) in [5.41, 5.74) is -0.140. The number of ether oxygens (including phenoxy) is 1. The average Bonchev–Trinajstić information content (AvgIpc) is 3.40. The summed E-state index contributed by atoms with van der Waals surface area (Å²) in [7, 11) is -3.57. The van der Waals surface area contributed by atoms with Crippen LogP contribution in [0.2, 0.25) is 10.0 Å². The molecule has 9 heteroatoms. The van der Waals surface area contributed by atoms with E-state index >= 15 is 0 Å². The fourth-order valence-electron chi connectivity index (χ4n) is 3.17. The third-order valence-corrected chi connectivity index (χ3v) is 6.01. The lowest BCUT2D eigenvalue weighted by Gasteiger charge is -2.43. The first-order valence-electron chi connectivity index (χ1n) is 8.43. The van der Waals surface area contributed by atoms with E-state index in [1.54, 1.807) is 23.1 Å². The van der Waals surface area contributed by atoms with Crippen LogP contribution in [0.25, 0.3) is 0 Å². The summed E-state index contributed by atoms with van der Waals surface area (Å²) < 4.78 is 33.6. The Balaban J connectivity index is 1.87. The molecule has 1 atom stereocenters. The molecule has 0 bridgehead atoms. The number of hydrogen-bond acceptors (Lipinski definition) is 5. The molecule has 0 aromatic heterocycles. The van der Waals surface area contributed by atoms with Gasteiger partial charge in [-0.1, -0.05) is 29.3 Å². The normalized spacial score (nSPS) is 23.9. The third-order valence-electron chi connectivity index (χ3n) is 4.67. The van der Waals surface area contributed by atoms with Crippen LogP contribution >= 0.6 is 23.2 Å². The van der Waals surface area contributed by atoms with E-state index in [2.05, 4.69) is 0 Å². The molecule has 26 heavy (non-hydrogen) atoms. The number of halogens is 2. The maximum Gasteiger partial charge on any atom is 0.264 e. The fourth-order valence-corrected chi connectivity index (χ4v) is 3.85. The molecule has 0 spiro atoms. The van der Waals surface area contributed by atoms with Gasteiger partial charge in [0.25, 0.3) is 10.1 Å². The minimum Gasteiger partial charge on any atom is -0.366 e. The number of nitrogens with zero attached hydrogens (tertiary/aromatic N) is 1. The van der Waals surface area contributed by atoms with Gasteiger partial charge < -0.3 is 9.64 Å². The van der Waals surface area contributed by atoms with Crippen LogP contribution in [0.15, 0.2) is 18.2 Å². The third kappa shape index (κ3) is 4.70. The van der Waals surface area contributed by atoms with Crippen molar-refractivity contribution in [2.75, 3.05) is 32.6 Å². The van der Waals surface area contributed by atoms with Crippen LogP contribution in [-0.4, -0.2) is 51.8 Å². The van der Waals surface area contributed by atoms with Crippen molar-refractivity contribution in [3.05, 3.63) is 33.8 Å². The van der Waals surface area contributed by atoms with E-state index in [1.807, 2.05) is 0 Å². The highest BCUT2D eigenvalue weighted by Gasteiger charge is 2.43. The van der Waals surface area contributed by atoms with Crippen molar-refractivity contribution < 1.29 is 22.1 Å². The second-order valence-electron chi connectivity index (χ2n) is 6.78. The molecular formula is C17H21Cl2NO5S. The van der Waals surface area contributed by atoms with E-state index in [0.717, 1.165) is 24.7 Å². The largest absolute Gasteiger partial charge is 0.366 e. The van der Waals surface area contributed by atoms with Crippen molar-refractivity contribution in [1.29, 1.82) is 0 Å². The molecule has 0 radical (unpaired) electrons. The van der Waals surface area contributed by atoms with Crippen LogP contribution in [0.3, 0.4) is 0 Å². The molecule has 3 rings (SSSR count). The topological polar surface area (TPSA) is 72.9 Å². The first-order valence-corrected chi connectivity index (χ1v) is 11.0. The Hall–Kier alpha value is -0.860. The molecule has 0 N–H and O–H groups in total. The number of rotatable bonds is 6. The fraction of sp³-hybridized carbons (Fsp3) is 0.588. The first kappa shape index (κ1) is 19.9. The molecule has 144 valence electrons. The van der Waals surface area contributed by atoms with E-state index < -0.39 is 15.7 Å². The quantitative estimate of drug-likeness (QED) is 0.660. The number of hydrogen-bond donors (Lipinski definition) is 0. The molecule has 1 saturated heterocycles. The second kappa shape index (κ2) is 7.64. The second-order valence-corrected chi connectivity index (χ2v) is 9.24. The minimum atomic E-state index is -3.57. The smallest absolute Gasteiger partial charge is 0.264 e. The molecule has 2 fully saturated rings. The summed E-state index contributed by atoms with van der Waals surface area (Å²) in [5, 5.41) is 0.793. The van der Waals surface area contributed by atoms with Gasteiger partial charge in [0, 0.05) is 18.9 Å². The van der Waals surface area contributed by atoms with E-state index in [1.165, 1.54) is 0 Å². The van der Waals surface area contributed by atoms with Crippen LogP contribution in [0.5, 0.6) is 0 Å². The van der Waals surface area contributed by atoms with E-state index in [0.29, 0.717) is 29.7 Å². The van der Waals surface area contributed by atoms with Gasteiger partial charge in [0.1, 0.15) is 5.60 Å². The Kier molecular flexibility index (Phi) is 5.84. The molecule has 2 aliphatic rings. The van der Waals surface area contributed by atoms with Gasteiger partial charge in [0.15, 0.2) is 0 Å². The predicted molar refractivity (Wildman–Crippen MR) is 98.8 cm³/mol. The Morgan fingerprint density at radius 2 is 2.08 bits per heavy atom. The summed E-state index contributed by atoms with van der Waals surface area (Å²) in [4.78, 5) is 14.3. The molecule has 1 aromatic carbocycles. The predicted octanol–water partition coefficient (Wildman–Crippen LogP) is 2.82. The van der Waals surface area contributed by atoms with Crippen LogP contribution in [0, 0.1) is 5.92 Å². The number of benzene rings is 1. The SMILES string of the molecule is CS(=O)(=O)OCC[C@@]1(c2ccc(Cl)c(Cl)c2)CN(C(=O)C2CC2)CCO1. The van der Waals surface area contributed by atoms with Crippen LogP contribution < -0.4 is 0 Å². The molecule has 1 aliphatic heterocycles. The van der Waals surface area contributed by atoms with Crippen molar-refractivity contribution in [1.82, 2.24) is 4.90 Å². The molecular weight excluding hydrogens is 401 g/mol. The number of morpholine rings is 1. The molecule has 1 heterocycles. The Morgan fingerprint density at radius 3 is 2.69 bits per heavy atom. The van der Waals surface area contributed by atoms with Gasteiger partial charge in [-0.05, 0) is 30.5 Å². The zero-order valence-electron chi connectivity index (χ0n) is 14.4.